The molecular formula is C21H38O. The maximum atomic E-state index is 10.8. The summed E-state index contributed by atoms with van der Waals surface area (Å²) in [5, 5.41) is 0. The maximum absolute atomic E-state index is 10.8. The fraction of sp³-hybridized carbons (Fsp3) is 0.952. The van der Waals surface area contributed by atoms with Crippen molar-refractivity contribution in [2.75, 3.05) is 0 Å². The summed E-state index contributed by atoms with van der Waals surface area (Å²) >= 11 is 0. The van der Waals surface area contributed by atoms with Crippen LogP contribution in [-0.2, 0) is 4.79 Å². The lowest BCUT2D eigenvalue weighted by Crippen LogP contribution is -2.21. The lowest BCUT2D eigenvalue weighted by molar-refractivity contribution is -0.112. The predicted octanol–water partition coefficient (Wildman–Crippen LogP) is 6.40. The molecule has 0 aromatic rings. The molecule has 0 bridgehead atoms. The van der Waals surface area contributed by atoms with Crippen molar-refractivity contribution in [1.29, 1.82) is 0 Å². The molecule has 128 valence electrons. The summed E-state index contributed by atoms with van der Waals surface area (Å²) in [7, 11) is 0. The van der Waals surface area contributed by atoms with Gasteiger partial charge in [0.25, 0.3) is 0 Å². The zero-order valence-corrected chi connectivity index (χ0v) is 15.1. The van der Waals surface area contributed by atoms with Gasteiger partial charge in [0.05, 0.1) is 0 Å². The number of carbonyl (C=O) groups is 1. The summed E-state index contributed by atoms with van der Waals surface area (Å²) in [5.74, 6) is 4.28. The van der Waals surface area contributed by atoms with E-state index in [2.05, 4.69) is 13.8 Å². The van der Waals surface area contributed by atoms with Crippen LogP contribution in [-0.4, -0.2) is 6.29 Å². The first-order chi connectivity index (χ1) is 10.7. The minimum Gasteiger partial charge on any atom is -0.303 e. The van der Waals surface area contributed by atoms with Crippen LogP contribution in [0.3, 0.4) is 0 Å². The number of aldehydes is 1. The van der Waals surface area contributed by atoms with E-state index in [0.29, 0.717) is 5.92 Å². The minimum atomic E-state index is 0.386. The predicted molar refractivity (Wildman–Crippen MR) is 94.9 cm³/mol. The van der Waals surface area contributed by atoms with Gasteiger partial charge in [-0.1, -0.05) is 58.8 Å². The SMILES string of the molecule is CC1CCC(CCCCCCC2CCC(C=O)CC2)C(C)C1. The molecule has 0 saturated heterocycles. The van der Waals surface area contributed by atoms with Gasteiger partial charge in [0.2, 0.25) is 0 Å². The van der Waals surface area contributed by atoms with Crippen molar-refractivity contribution in [3.63, 3.8) is 0 Å². The molecule has 2 rings (SSSR count). The monoisotopic (exact) mass is 306 g/mol. The zero-order valence-electron chi connectivity index (χ0n) is 15.1. The van der Waals surface area contributed by atoms with Gasteiger partial charge in [-0.15, -0.1) is 0 Å². The standard InChI is InChI=1S/C21H38O/c1-17-9-14-21(18(2)15-17)8-6-4-3-5-7-19-10-12-20(16-22)13-11-19/h16-21H,3-15H2,1-2H3. The van der Waals surface area contributed by atoms with Crippen molar-refractivity contribution >= 4 is 6.29 Å². The van der Waals surface area contributed by atoms with E-state index in [1.54, 1.807) is 0 Å². The second-order valence-corrected chi connectivity index (χ2v) is 8.56. The van der Waals surface area contributed by atoms with Gasteiger partial charge >= 0.3 is 0 Å². The number of rotatable bonds is 8. The van der Waals surface area contributed by atoms with Gasteiger partial charge in [0.15, 0.2) is 0 Å². The number of unbranched alkanes of at least 4 members (excludes halogenated alkanes) is 3. The van der Waals surface area contributed by atoms with E-state index in [4.69, 9.17) is 0 Å². The lowest BCUT2D eigenvalue weighted by atomic mass is 9.73. The Hall–Kier alpha value is -0.330. The molecule has 0 radical (unpaired) electrons. The topological polar surface area (TPSA) is 17.1 Å². The van der Waals surface area contributed by atoms with E-state index in [1.807, 2.05) is 0 Å². The third-order valence-electron chi connectivity index (χ3n) is 6.63. The molecule has 1 nitrogen and oxygen atoms in total. The van der Waals surface area contributed by atoms with Crippen LogP contribution in [0.5, 0.6) is 0 Å². The summed E-state index contributed by atoms with van der Waals surface area (Å²) < 4.78 is 0. The Morgan fingerprint density at radius 1 is 0.818 bits per heavy atom. The first kappa shape index (κ1) is 18.0. The first-order valence-corrected chi connectivity index (χ1v) is 10.1. The minimum absolute atomic E-state index is 0.386. The molecule has 2 aliphatic rings. The summed E-state index contributed by atoms with van der Waals surface area (Å²) in [6.07, 6.45) is 19.2. The van der Waals surface area contributed by atoms with E-state index in [9.17, 15) is 4.79 Å². The van der Waals surface area contributed by atoms with E-state index in [-0.39, 0.29) is 0 Å². The van der Waals surface area contributed by atoms with Gasteiger partial charge < -0.3 is 4.79 Å². The fourth-order valence-electron chi connectivity index (χ4n) is 4.96. The summed E-state index contributed by atoms with van der Waals surface area (Å²) in [5.41, 5.74) is 0. The molecule has 0 spiro atoms. The van der Waals surface area contributed by atoms with Gasteiger partial charge in [-0.05, 0) is 62.2 Å². The van der Waals surface area contributed by atoms with Gasteiger partial charge in [-0.3, -0.25) is 0 Å². The van der Waals surface area contributed by atoms with Gasteiger partial charge in [-0.2, -0.15) is 0 Å². The molecule has 0 aliphatic heterocycles. The second kappa shape index (κ2) is 9.73. The Morgan fingerprint density at radius 3 is 2.14 bits per heavy atom. The van der Waals surface area contributed by atoms with Crippen molar-refractivity contribution in [3.05, 3.63) is 0 Å². The van der Waals surface area contributed by atoms with Crippen LogP contribution < -0.4 is 0 Å². The highest BCUT2D eigenvalue weighted by Gasteiger charge is 2.24. The Kier molecular flexibility index (Phi) is 7.97. The quantitative estimate of drug-likeness (QED) is 0.374. The van der Waals surface area contributed by atoms with Crippen LogP contribution >= 0.6 is 0 Å². The van der Waals surface area contributed by atoms with Gasteiger partial charge in [0.1, 0.15) is 6.29 Å². The number of hydrogen-bond donors (Lipinski definition) is 0. The molecule has 0 amide bonds. The maximum Gasteiger partial charge on any atom is 0.123 e. The van der Waals surface area contributed by atoms with E-state index in [0.717, 1.165) is 36.5 Å². The number of carbonyl (C=O) groups excluding carboxylic acids is 1. The lowest BCUT2D eigenvalue weighted by Gasteiger charge is -2.32. The van der Waals surface area contributed by atoms with Crippen molar-refractivity contribution < 1.29 is 4.79 Å². The molecule has 0 N–H and O–H groups in total. The molecule has 3 atom stereocenters. The van der Waals surface area contributed by atoms with E-state index in [1.165, 1.54) is 76.9 Å². The van der Waals surface area contributed by atoms with Crippen LogP contribution in [0.4, 0.5) is 0 Å². The Bertz CT molecular complexity index is 303. The molecular weight excluding hydrogens is 268 g/mol. The smallest absolute Gasteiger partial charge is 0.123 e. The fourth-order valence-corrected chi connectivity index (χ4v) is 4.96. The van der Waals surface area contributed by atoms with Crippen LogP contribution in [0.25, 0.3) is 0 Å². The molecule has 22 heavy (non-hydrogen) atoms. The average molecular weight is 307 g/mol. The zero-order chi connectivity index (χ0) is 15.8. The third-order valence-corrected chi connectivity index (χ3v) is 6.63. The number of hydrogen-bond acceptors (Lipinski definition) is 1. The van der Waals surface area contributed by atoms with Crippen molar-refractivity contribution in [2.45, 2.75) is 97.3 Å². The molecule has 1 heteroatoms. The second-order valence-electron chi connectivity index (χ2n) is 8.56. The summed E-state index contributed by atoms with van der Waals surface area (Å²) in [6, 6.07) is 0. The third kappa shape index (κ3) is 6.05. The van der Waals surface area contributed by atoms with Gasteiger partial charge in [-0.25, -0.2) is 0 Å². The summed E-state index contributed by atoms with van der Waals surface area (Å²) in [4.78, 5) is 10.8. The van der Waals surface area contributed by atoms with E-state index < -0.39 is 0 Å². The first-order valence-electron chi connectivity index (χ1n) is 10.1. The molecule has 2 saturated carbocycles. The van der Waals surface area contributed by atoms with E-state index >= 15 is 0 Å². The normalized spacial score (nSPS) is 36.2. The van der Waals surface area contributed by atoms with Gasteiger partial charge in [0, 0.05) is 5.92 Å². The molecule has 2 aliphatic carbocycles. The van der Waals surface area contributed by atoms with Crippen molar-refractivity contribution in [2.24, 2.45) is 29.6 Å². The molecule has 0 aromatic carbocycles. The molecule has 3 unspecified atom stereocenters. The Labute approximate surface area is 138 Å². The van der Waals surface area contributed by atoms with Crippen LogP contribution in [0.2, 0.25) is 0 Å². The Morgan fingerprint density at radius 2 is 1.50 bits per heavy atom. The highest BCUT2D eigenvalue weighted by molar-refractivity contribution is 5.53. The average Bonchev–Trinajstić information content (AvgIpc) is 2.53. The highest BCUT2D eigenvalue weighted by atomic mass is 16.1. The molecule has 2 fully saturated rings. The molecule has 0 aromatic heterocycles. The largest absolute Gasteiger partial charge is 0.303 e. The van der Waals surface area contributed by atoms with Crippen LogP contribution in [0.1, 0.15) is 97.3 Å². The van der Waals surface area contributed by atoms with Crippen LogP contribution in [0.15, 0.2) is 0 Å². The molecule has 0 heterocycles. The van der Waals surface area contributed by atoms with Crippen molar-refractivity contribution in [3.8, 4) is 0 Å². The summed E-state index contributed by atoms with van der Waals surface area (Å²) in [6.45, 7) is 4.91. The van der Waals surface area contributed by atoms with Crippen LogP contribution in [0, 0.1) is 29.6 Å². The highest BCUT2D eigenvalue weighted by Crippen LogP contribution is 2.36. The Balaban J connectivity index is 1.45. The van der Waals surface area contributed by atoms with Crippen molar-refractivity contribution in [1.82, 2.24) is 0 Å².